The van der Waals surface area contributed by atoms with Gasteiger partial charge in [-0.05, 0) is 31.0 Å². The molecule has 2 heterocycles. The highest BCUT2D eigenvalue weighted by atomic mass is 16.5. The first-order chi connectivity index (χ1) is 14.7. The number of aromatic nitrogens is 4. The van der Waals surface area contributed by atoms with E-state index >= 15 is 0 Å². The van der Waals surface area contributed by atoms with Crippen molar-refractivity contribution >= 4 is 17.1 Å². The van der Waals surface area contributed by atoms with Gasteiger partial charge in [-0.2, -0.15) is 4.98 Å². The maximum atomic E-state index is 12.8. The van der Waals surface area contributed by atoms with E-state index < -0.39 is 23.5 Å². The van der Waals surface area contributed by atoms with E-state index in [1.165, 1.54) is 23.2 Å². The third-order valence-corrected chi connectivity index (χ3v) is 5.05. The number of nitrogens with one attached hydrogen (secondary N) is 1. The summed E-state index contributed by atoms with van der Waals surface area (Å²) in [5.41, 5.74) is 0.500. The largest absolute Gasteiger partial charge is 0.491 e. The molecule has 0 saturated carbocycles. The van der Waals surface area contributed by atoms with Gasteiger partial charge in [0.15, 0.2) is 11.2 Å². The highest BCUT2D eigenvalue weighted by Crippen LogP contribution is 2.18. The van der Waals surface area contributed by atoms with Crippen molar-refractivity contribution in [2.24, 2.45) is 14.1 Å². The number of anilines is 1. The second-order valence-corrected chi connectivity index (χ2v) is 7.62. The van der Waals surface area contributed by atoms with Crippen LogP contribution in [0.4, 0.5) is 5.95 Å². The van der Waals surface area contributed by atoms with Crippen molar-refractivity contribution in [3.63, 3.8) is 0 Å². The molecule has 0 amide bonds. The number of rotatable bonds is 9. The third-order valence-electron chi connectivity index (χ3n) is 5.05. The lowest BCUT2D eigenvalue weighted by Gasteiger charge is -2.16. The van der Waals surface area contributed by atoms with Crippen LogP contribution in [0.15, 0.2) is 33.9 Å². The minimum atomic E-state index is -0.947. The van der Waals surface area contributed by atoms with Crippen LogP contribution in [0.5, 0.6) is 5.75 Å². The average molecular weight is 431 g/mol. The van der Waals surface area contributed by atoms with Crippen LogP contribution in [0.2, 0.25) is 0 Å². The van der Waals surface area contributed by atoms with Gasteiger partial charge in [-0.1, -0.05) is 19.1 Å². The lowest BCUT2D eigenvalue weighted by molar-refractivity contribution is 0.0937. The van der Waals surface area contributed by atoms with Crippen LogP contribution >= 0.6 is 0 Å². The van der Waals surface area contributed by atoms with E-state index in [0.717, 1.165) is 16.6 Å². The molecule has 0 fully saturated rings. The zero-order chi connectivity index (χ0) is 22.7. The molecule has 31 heavy (non-hydrogen) atoms. The molecule has 0 bridgehead atoms. The minimum Gasteiger partial charge on any atom is -0.491 e. The van der Waals surface area contributed by atoms with Crippen LogP contribution in [0.1, 0.15) is 19.4 Å². The maximum Gasteiger partial charge on any atom is 0.332 e. The predicted octanol–water partition coefficient (Wildman–Crippen LogP) is 0.229. The fourth-order valence-electron chi connectivity index (χ4n) is 3.31. The lowest BCUT2D eigenvalue weighted by atomic mass is 10.2. The monoisotopic (exact) mass is 431 g/mol. The molecule has 0 spiro atoms. The molecule has 0 aliphatic heterocycles. The van der Waals surface area contributed by atoms with Gasteiger partial charge in [0, 0.05) is 20.6 Å². The molecule has 1 aromatic carbocycles. The van der Waals surface area contributed by atoms with Crippen molar-refractivity contribution in [2.75, 3.05) is 18.5 Å². The van der Waals surface area contributed by atoms with E-state index in [9.17, 15) is 19.8 Å². The number of aliphatic hydroxyl groups excluding tert-OH is 2. The summed E-state index contributed by atoms with van der Waals surface area (Å²) in [6, 6.07) is 7.63. The van der Waals surface area contributed by atoms with Crippen LogP contribution in [0.3, 0.4) is 0 Å². The highest BCUT2D eigenvalue weighted by molar-refractivity contribution is 5.74. The molecular formula is C21H29N5O5. The van der Waals surface area contributed by atoms with Gasteiger partial charge in [0.25, 0.3) is 5.56 Å². The Morgan fingerprint density at radius 2 is 1.94 bits per heavy atom. The van der Waals surface area contributed by atoms with Gasteiger partial charge in [0.1, 0.15) is 18.5 Å². The molecule has 3 rings (SSSR count). The quantitative estimate of drug-likeness (QED) is 0.443. The molecule has 3 aromatic rings. The molecule has 10 heteroatoms. The molecule has 0 radical (unpaired) electrons. The summed E-state index contributed by atoms with van der Waals surface area (Å²) in [5, 5.41) is 23.2. The first-order valence-corrected chi connectivity index (χ1v) is 10.2. The summed E-state index contributed by atoms with van der Waals surface area (Å²) in [4.78, 5) is 29.5. The lowest BCUT2D eigenvalue weighted by Crippen LogP contribution is -2.38. The van der Waals surface area contributed by atoms with E-state index in [1.54, 1.807) is 6.92 Å². The normalized spacial score (nSPS) is 13.4. The van der Waals surface area contributed by atoms with E-state index in [1.807, 2.05) is 31.2 Å². The number of hydrogen-bond donors (Lipinski definition) is 3. The zero-order valence-corrected chi connectivity index (χ0v) is 18.2. The number of fused-ring (bicyclic) bond motifs is 1. The van der Waals surface area contributed by atoms with Crippen molar-refractivity contribution in [1.29, 1.82) is 0 Å². The summed E-state index contributed by atoms with van der Waals surface area (Å²) >= 11 is 0. The van der Waals surface area contributed by atoms with Gasteiger partial charge >= 0.3 is 5.69 Å². The van der Waals surface area contributed by atoms with E-state index in [-0.39, 0.29) is 36.8 Å². The van der Waals surface area contributed by atoms with E-state index in [2.05, 4.69) is 10.3 Å². The van der Waals surface area contributed by atoms with Crippen molar-refractivity contribution in [2.45, 2.75) is 39.0 Å². The van der Waals surface area contributed by atoms with Gasteiger partial charge < -0.3 is 24.8 Å². The molecule has 10 nitrogen and oxygen atoms in total. The zero-order valence-electron chi connectivity index (χ0n) is 18.2. The third kappa shape index (κ3) is 4.80. The summed E-state index contributed by atoms with van der Waals surface area (Å²) in [7, 11) is 2.92. The highest BCUT2D eigenvalue weighted by Gasteiger charge is 2.21. The van der Waals surface area contributed by atoms with Gasteiger partial charge in [-0.25, -0.2) is 4.79 Å². The van der Waals surface area contributed by atoms with Crippen molar-refractivity contribution in [3.8, 4) is 5.75 Å². The first-order valence-electron chi connectivity index (χ1n) is 10.2. The molecule has 168 valence electrons. The SMILES string of the molecule is CCc1cccc(OC[C@H](O)Cn2c(NC[C@@H](C)O)nc3c2c(=O)n(C)c(=O)n3C)c1. The van der Waals surface area contributed by atoms with Crippen LogP contribution in [0.25, 0.3) is 11.2 Å². The molecule has 2 aromatic heterocycles. The Bertz CT molecular complexity index is 1180. The topological polar surface area (TPSA) is 124 Å². The molecule has 3 N–H and O–H groups in total. The number of imidazole rings is 1. The van der Waals surface area contributed by atoms with Crippen molar-refractivity contribution < 1.29 is 14.9 Å². The fourth-order valence-corrected chi connectivity index (χ4v) is 3.31. The van der Waals surface area contributed by atoms with Gasteiger partial charge in [0.2, 0.25) is 5.95 Å². The van der Waals surface area contributed by atoms with Crippen molar-refractivity contribution in [3.05, 3.63) is 50.7 Å². The first kappa shape index (κ1) is 22.6. The molecule has 0 unspecified atom stereocenters. The summed E-state index contributed by atoms with van der Waals surface area (Å²) in [5.74, 6) is 0.931. The maximum absolute atomic E-state index is 12.8. The second kappa shape index (κ2) is 9.36. The smallest absolute Gasteiger partial charge is 0.332 e. The van der Waals surface area contributed by atoms with Crippen molar-refractivity contribution in [1.82, 2.24) is 18.7 Å². The molecule has 0 saturated heterocycles. The predicted molar refractivity (Wildman–Crippen MR) is 118 cm³/mol. The number of hydrogen-bond acceptors (Lipinski definition) is 7. The number of benzene rings is 1. The van der Waals surface area contributed by atoms with Crippen LogP contribution in [-0.2, 0) is 27.1 Å². The van der Waals surface area contributed by atoms with Crippen LogP contribution in [0, 0.1) is 0 Å². The Kier molecular flexibility index (Phi) is 6.81. The van der Waals surface area contributed by atoms with Crippen LogP contribution in [-0.4, -0.2) is 54.3 Å². The molecule has 2 atom stereocenters. The fraction of sp³-hybridized carbons (Fsp3) is 0.476. The Hall–Kier alpha value is -3.11. The van der Waals surface area contributed by atoms with E-state index in [4.69, 9.17) is 4.74 Å². The summed E-state index contributed by atoms with van der Waals surface area (Å²) in [6.07, 6.45) is -0.725. The van der Waals surface area contributed by atoms with Crippen LogP contribution < -0.4 is 21.3 Å². The van der Waals surface area contributed by atoms with Gasteiger partial charge in [-0.15, -0.1) is 0 Å². The minimum absolute atomic E-state index is 0.00869. The number of ether oxygens (including phenoxy) is 1. The Morgan fingerprint density at radius 1 is 1.19 bits per heavy atom. The molecular weight excluding hydrogens is 402 g/mol. The number of aryl methyl sites for hydroxylation is 2. The van der Waals surface area contributed by atoms with E-state index in [0.29, 0.717) is 5.75 Å². The summed E-state index contributed by atoms with van der Waals surface area (Å²) in [6.45, 7) is 3.87. The number of aliphatic hydroxyl groups is 2. The standard InChI is InChI=1S/C21H29N5O5/c1-5-14-7-6-8-16(9-14)31-12-15(28)11-26-17-18(23-20(26)22-10-13(2)27)24(3)21(30)25(4)19(17)29/h6-9,13,15,27-28H,5,10-12H2,1-4H3,(H,22,23)/t13-,15-/m1/s1. The summed E-state index contributed by atoms with van der Waals surface area (Å²) < 4.78 is 9.52. The molecule has 0 aliphatic rings. The average Bonchev–Trinajstić information content (AvgIpc) is 3.11. The van der Waals surface area contributed by atoms with Gasteiger partial charge in [-0.3, -0.25) is 13.9 Å². The molecule has 0 aliphatic carbocycles. The Balaban J connectivity index is 1.92. The number of nitrogens with zero attached hydrogens (tertiary/aromatic N) is 4. The Labute approximate surface area is 179 Å². The van der Waals surface area contributed by atoms with Gasteiger partial charge in [0.05, 0.1) is 12.6 Å². The second-order valence-electron chi connectivity index (χ2n) is 7.62. The Morgan fingerprint density at radius 3 is 2.61 bits per heavy atom.